The van der Waals surface area contributed by atoms with Crippen LogP contribution in [0.1, 0.15) is 31.7 Å². The molecule has 0 unspecified atom stereocenters. The highest BCUT2D eigenvalue weighted by atomic mass is 35.5. The zero-order chi connectivity index (χ0) is 13.4. The van der Waals surface area contributed by atoms with Crippen molar-refractivity contribution in [3.05, 3.63) is 34.9 Å². The van der Waals surface area contributed by atoms with Gasteiger partial charge in [0.1, 0.15) is 0 Å². The van der Waals surface area contributed by atoms with Gasteiger partial charge < -0.3 is 5.11 Å². The van der Waals surface area contributed by atoms with Crippen LogP contribution in [0, 0.1) is 0 Å². The predicted octanol–water partition coefficient (Wildman–Crippen LogP) is 3.42. The summed E-state index contributed by atoms with van der Waals surface area (Å²) < 4.78 is 0. The molecule has 18 heavy (non-hydrogen) atoms. The first kappa shape index (κ1) is 15.0. The van der Waals surface area contributed by atoms with Crippen LogP contribution in [0.3, 0.4) is 0 Å². The lowest BCUT2D eigenvalue weighted by molar-refractivity contribution is -0.137. The fraction of sp³-hybridized carbons (Fsp3) is 0.500. The van der Waals surface area contributed by atoms with E-state index in [0.29, 0.717) is 6.54 Å². The molecule has 0 atom stereocenters. The summed E-state index contributed by atoms with van der Waals surface area (Å²) in [6.07, 6.45) is 2.38. The van der Waals surface area contributed by atoms with E-state index in [1.54, 1.807) is 0 Å². The summed E-state index contributed by atoms with van der Waals surface area (Å²) in [7, 11) is 0. The molecule has 0 fully saturated rings. The summed E-state index contributed by atoms with van der Waals surface area (Å²) >= 11 is 5.95. The molecule has 1 aromatic carbocycles. The Balaban J connectivity index is 2.56. The summed E-state index contributed by atoms with van der Waals surface area (Å²) in [5.74, 6) is -0.748. The number of benzene rings is 1. The Morgan fingerprint density at radius 2 is 2.17 bits per heavy atom. The molecule has 0 aliphatic heterocycles. The Labute approximate surface area is 113 Å². The Morgan fingerprint density at radius 1 is 1.39 bits per heavy atom. The molecule has 0 radical (unpaired) electrons. The van der Waals surface area contributed by atoms with E-state index < -0.39 is 5.97 Å². The Kier molecular flexibility index (Phi) is 6.76. The highest BCUT2D eigenvalue weighted by Crippen LogP contribution is 2.13. The van der Waals surface area contributed by atoms with Crippen molar-refractivity contribution in [1.82, 2.24) is 4.90 Å². The van der Waals surface area contributed by atoms with Crippen molar-refractivity contribution in [1.29, 1.82) is 0 Å². The Bertz CT molecular complexity index is 382. The lowest BCUT2D eigenvalue weighted by atomic mass is 10.2. The highest BCUT2D eigenvalue weighted by Gasteiger charge is 2.08. The van der Waals surface area contributed by atoms with Gasteiger partial charge in [0.15, 0.2) is 0 Å². The number of aliphatic carboxylic acids is 1. The Morgan fingerprint density at radius 3 is 2.78 bits per heavy atom. The average Bonchev–Trinajstić information content (AvgIpc) is 2.32. The quantitative estimate of drug-likeness (QED) is 0.786. The van der Waals surface area contributed by atoms with E-state index in [2.05, 4.69) is 11.8 Å². The largest absolute Gasteiger partial charge is 0.481 e. The molecule has 0 amide bonds. The molecule has 0 saturated carbocycles. The van der Waals surface area contributed by atoms with Crippen molar-refractivity contribution in [2.75, 3.05) is 13.1 Å². The van der Waals surface area contributed by atoms with Crippen molar-refractivity contribution >= 4 is 17.6 Å². The van der Waals surface area contributed by atoms with Gasteiger partial charge >= 0.3 is 5.97 Å². The lowest BCUT2D eigenvalue weighted by Gasteiger charge is -2.21. The highest BCUT2D eigenvalue weighted by molar-refractivity contribution is 6.30. The smallest absolute Gasteiger partial charge is 0.304 e. The topological polar surface area (TPSA) is 40.5 Å². The maximum atomic E-state index is 10.6. The van der Waals surface area contributed by atoms with E-state index in [-0.39, 0.29) is 6.42 Å². The first-order chi connectivity index (χ1) is 8.61. The minimum Gasteiger partial charge on any atom is -0.481 e. The van der Waals surface area contributed by atoms with Crippen LogP contribution in [-0.4, -0.2) is 29.1 Å². The van der Waals surface area contributed by atoms with Crippen molar-refractivity contribution in [2.24, 2.45) is 0 Å². The van der Waals surface area contributed by atoms with E-state index in [9.17, 15) is 4.79 Å². The third kappa shape index (κ3) is 6.03. The van der Waals surface area contributed by atoms with Gasteiger partial charge in [0.05, 0.1) is 6.42 Å². The van der Waals surface area contributed by atoms with Crippen LogP contribution < -0.4 is 0 Å². The van der Waals surface area contributed by atoms with E-state index in [4.69, 9.17) is 16.7 Å². The molecule has 0 bridgehead atoms. The Hall–Kier alpha value is -1.06. The third-order valence-corrected chi connectivity index (χ3v) is 3.00. The first-order valence-corrected chi connectivity index (χ1v) is 6.68. The van der Waals surface area contributed by atoms with Crippen LogP contribution in [0.15, 0.2) is 24.3 Å². The lowest BCUT2D eigenvalue weighted by Crippen LogP contribution is -2.27. The second kappa shape index (κ2) is 8.11. The maximum absolute atomic E-state index is 10.6. The number of carboxylic acid groups (broad SMARTS) is 1. The predicted molar refractivity (Wildman–Crippen MR) is 73.9 cm³/mol. The number of carbonyl (C=O) groups is 1. The minimum absolute atomic E-state index is 0.185. The van der Waals surface area contributed by atoms with Gasteiger partial charge in [-0.3, -0.25) is 9.69 Å². The molecule has 0 saturated heterocycles. The van der Waals surface area contributed by atoms with E-state index in [0.717, 1.165) is 36.5 Å². The monoisotopic (exact) mass is 269 g/mol. The average molecular weight is 270 g/mol. The van der Waals surface area contributed by atoms with Gasteiger partial charge in [0, 0.05) is 18.1 Å². The van der Waals surface area contributed by atoms with Gasteiger partial charge in [-0.15, -0.1) is 0 Å². The molecule has 0 heterocycles. The standard InChI is InChI=1S/C14H20ClNO2/c1-2-3-8-16(9-7-14(17)18)11-12-5-4-6-13(15)10-12/h4-6,10H,2-3,7-9,11H2,1H3,(H,17,18). The fourth-order valence-electron chi connectivity index (χ4n) is 1.80. The van der Waals surface area contributed by atoms with Crippen molar-refractivity contribution in [3.63, 3.8) is 0 Å². The van der Waals surface area contributed by atoms with E-state index >= 15 is 0 Å². The molecule has 100 valence electrons. The number of carboxylic acids is 1. The van der Waals surface area contributed by atoms with Crippen LogP contribution in [0.2, 0.25) is 5.02 Å². The molecule has 0 aromatic heterocycles. The van der Waals surface area contributed by atoms with Gasteiger partial charge in [0.2, 0.25) is 0 Å². The van der Waals surface area contributed by atoms with Gasteiger partial charge in [-0.25, -0.2) is 0 Å². The summed E-state index contributed by atoms with van der Waals surface area (Å²) in [5.41, 5.74) is 1.13. The second-order valence-electron chi connectivity index (χ2n) is 4.40. The normalized spacial score (nSPS) is 10.8. The van der Waals surface area contributed by atoms with Crippen LogP contribution in [0.4, 0.5) is 0 Å². The number of hydrogen-bond donors (Lipinski definition) is 1. The maximum Gasteiger partial charge on any atom is 0.304 e. The second-order valence-corrected chi connectivity index (χ2v) is 4.84. The van der Waals surface area contributed by atoms with Gasteiger partial charge in [-0.2, -0.15) is 0 Å². The number of rotatable bonds is 8. The number of halogens is 1. The van der Waals surface area contributed by atoms with Gasteiger partial charge in [-0.1, -0.05) is 37.1 Å². The van der Waals surface area contributed by atoms with Gasteiger partial charge in [0.25, 0.3) is 0 Å². The van der Waals surface area contributed by atoms with E-state index in [1.807, 2.05) is 24.3 Å². The fourth-order valence-corrected chi connectivity index (χ4v) is 2.01. The molecule has 0 spiro atoms. The molecule has 1 rings (SSSR count). The van der Waals surface area contributed by atoms with Crippen LogP contribution in [0.25, 0.3) is 0 Å². The van der Waals surface area contributed by atoms with Crippen LogP contribution in [-0.2, 0) is 11.3 Å². The van der Waals surface area contributed by atoms with Gasteiger partial charge in [-0.05, 0) is 30.7 Å². The van der Waals surface area contributed by atoms with Crippen LogP contribution >= 0.6 is 11.6 Å². The summed E-state index contributed by atoms with van der Waals surface area (Å²) in [4.78, 5) is 12.8. The number of unbranched alkanes of at least 4 members (excludes halogenated alkanes) is 1. The number of nitrogens with zero attached hydrogens (tertiary/aromatic N) is 1. The molecule has 1 N–H and O–H groups in total. The number of hydrogen-bond acceptors (Lipinski definition) is 2. The first-order valence-electron chi connectivity index (χ1n) is 6.30. The molecule has 4 heteroatoms. The van der Waals surface area contributed by atoms with Crippen LogP contribution in [0.5, 0.6) is 0 Å². The van der Waals surface area contributed by atoms with Crippen molar-refractivity contribution in [3.8, 4) is 0 Å². The van der Waals surface area contributed by atoms with E-state index in [1.165, 1.54) is 0 Å². The summed E-state index contributed by atoms with van der Waals surface area (Å²) in [6.45, 7) is 4.40. The zero-order valence-electron chi connectivity index (χ0n) is 10.7. The third-order valence-electron chi connectivity index (χ3n) is 2.77. The molecular weight excluding hydrogens is 250 g/mol. The summed E-state index contributed by atoms with van der Waals surface area (Å²) in [6, 6.07) is 7.72. The minimum atomic E-state index is -0.748. The molecule has 1 aromatic rings. The molecule has 0 aliphatic rings. The van der Waals surface area contributed by atoms with Crippen molar-refractivity contribution in [2.45, 2.75) is 32.7 Å². The molecule has 0 aliphatic carbocycles. The zero-order valence-corrected chi connectivity index (χ0v) is 11.5. The molecule has 3 nitrogen and oxygen atoms in total. The molecular formula is C14H20ClNO2. The van der Waals surface area contributed by atoms with Crippen molar-refractivity contribution < 1.29 is 9.90 Å². The summed E-state index contributed by atoms with van der Waals surface area (Å²) in [5, 5.41) is 9.47. The SMILES string of the molecule is CCCCN(CCC(=O)O)Cc1cccc(Cl)c1.